The van der Waals surface area contributed by atoms with Gasteiger partial charge >= 0.3 is 67.0 Å². The molecule has 0 aliphatic heterocycles. The number of hydrogen-bond acceptors (Lipinski definition) is 0. The van der Waals surface area contributed by atoms with Crippen molar-refractivity contribution in [2.45, 2.75) is 39.5 Å². The van der Waals surface area contributed by atoms with Crippen molar-refractivity contribution in [1.29, 1.82) is 0 Å². The Bertz CT molecular complexity index is 1850. The molecule has 8 aromatic rings. The van der Waals surface area contributed by atoms with Crippen LogP contribution in [0.5, 0.6) is 0 Å². The van der Waals surface area contributed by atoms with Crippen molar-refractivity contribution in [1.82, 2.24) is 0 Å². The molecule has 0 saturated carbocycles. The van der Waals surface area contributed by atoms with Crippen molar-refractivity contribution in [3.63, 3.8) is 0 Å². The number of fused-ring (bicyclic) bond motifs is 12. The minimum absolute atomic E-state index is 0. The molecule has 0 heterocycles. The molecule has 0 aromatic heterocycles. The first kappa shape index (κ1) is 33.8. The molecule has 0 N–H and O–H groups in total. The van der Waals surface area contributed by atoms with Crippen molar-refractivity contribution < 1.29 is 49.0 Å². The molecule has 44 heavy (non-hydrogen) atoms. The van der Waals surface area contributed by atoms with Crippen LogP contribution in [-0.4, -0.2) is 3.21 Å². The summed E-state index contributed by atoms with van der Waals surface area (Å²) in [5, 5.41) is 16.2. The summed E-state index contributed by atoms with van der Waals surface area (Å²) in [7, 11) is 0. The molecule has 0 radical (unpaired) electrons. The molecule has 220 valence electrons. The van der Waals surface area contributed by atoms with Crippen molar-refractivity contribution in [2.75, 3.05) is 0 Å². The smallest absolute Gasteiger partial charge is 0.0293 e. The molecule has 0 unspecified atom stereocenters. The van der Waals surface area contributed by atoms with Crippen LogP contribution in [0, 0.1) is 0 Å². The summed E-state index contributed by atoms with van der Waals surface area (Å²) in [5.74, 6) is 0. The molecule has 8 aromatic carbocycles. The van der Waals surface area contributed by atoms with E-state index in [-0.39, 0.29) is 24.8 Å². The molecule has 0 aliphatic rings. The fraction of sp³-hybridized carbons (Fsp3) is 0.146. The van der Waals surface area contributed by atoms with E-state index in [2.05, 4.69) is 147 Å². The molecule has 0 spiro atoms. The van der Waals surface area contributed by atoms with Crippen LogP contribution in [0.2, 0.25) is 0 Å². The zero-order valence-electron chi connectivity index (χ0n) is 25.3. The number of benzene rings is 6. The van der Waals surface area contributed by atoms with Crippen LogP contribution >= 0.6 is 0 Å². The van der Waals surface area contributed by atoms with Crippen molar-refractivity contribution >= 4 is 67.8 Å². The van der Waals surface area contributed by atoms with Gasteiger partial charge in [-0.15, -0.1) is 33.7 Å². The summed E-state index contributed by atoms with van der Waals surface area (Å²) < 4.78 is 1.75. The topological polar surface area (TPSA) is 0 Å². The Morgan fingerprint density at radius 2 is 0.682 bits per heavy atom. The van der Waals surface area contributed by atoms with E-state index in [1.165, 1.54) is 90.3 Å². The summed E-state index contributed by atoms with van der Waals surface area (Å²) in [6, 6.07) is 47.8. The van der Waals surface area contributed by atoms with E-state index in [0.717, 1.165) is 0 Å². The van der Waals surface area contributed by atoms with Gasteiger partial charge in [-0.25, -0.2) is 0 Å². The maximum Gasteiger partial charge on any atom is -0.0293 e. The van der Waals surface area contributed by atoms with E-state index in [4.69, 9.17) is 0 Å². The fourth-order valence-corrected chi connectivity index (χ4v) is 7.55. The van der Waals surface area contributed by atoms with Crippen molar-refractivity contribution in [3.8, 4) is 0 Å². The number of rotatable bonds is 4. The zero-order valence-corrected chi connectivity index (χ0v) is 29.3. The average Bonchev–Trinajstić information content (AvgIpc) is 3.74. The standard InChI is InChI=1S/2C17H11.C7H14.2ClH.Zr/c2*1-3-8-14-12(6-1)13-7-2-4-9-15(13)17-11-5-10-16(14)17;1-3-5-7-6-4-2;;;/h2*1-11H;3-6H2,1-2H3;2*1H;/q2*-1;;;;+2/p-2. The minimum atomic E-state index is 0. The normalized spacial score (nSPS) is 10.6. The van der Waals surface area contributed by atoms with Crippen LogP contribution in [0.15, 0.2) is 133 Å². The Kier molecular flexibility index (Phi) is 12.1. The van der Waals surface area contributed by atoms with Gasteiger partial charge in [0.15, 0.2) is 0 Å². The fourth-order valence-electron chi connectivity index (χ4n) is 6.32. The Hall–Kier alpha value is -3.09. The van der Waals surface area contributed by atoms with Gasteiger partial charge in [-0.05, 0) is 10.8 Å². The third kappa shape index (κ3) is 6.77. The molecule has 0 fully saturated rings. The first-order valence-corrected chi connectivity index (χ1v) is 16.4. The van der Waals surface area contributed by atoms with Gasteiger partial charge in [-0.3, -0.25) is 0 Å². The summed E-state index contributed by atoms with van der Waals surface area (Å²) in [6.45, 7) is 4.50. The van der Waals surface area contributed by atoms with Crippen molar-refractivity contribution in [2.24, 2.45) is 0 Å². The first-order chi connectivity index (χ1) is 20.7. The van der Waals surface area contributed by atoms with Crippen LogP contribution < -0.4 is 24.8 Å². The Morgan fingerprint density at radius 3 is 0.977 bits per heavy atom. The van der Waals surface area contributed by atoms with E-state index >= 15 is 0 Å². The van der Waals surface area contributed by atoms with Crippen LogP contribution in [-0.2, 0) is 24.2 Å². The molecular formula is C41H36Cl2Zr-2. The summed E-state index contributed by atoms with van der Waals surface area (Å²) >= 11 is 1.65. The summed E-state index contributed by atoms with van der Waals surface area (Å²) in [6.07, 6.45) is 5.40. The third-order valence-corrected chi connectivity index (χ3v) is 9.41. The second-order valence-electron chi connectivity index (χ2n) is 11.0. The molecule has 3 heteroatoms. The minimum Gasteiger partial charge on any atom is -1.00 e. The monoisotopic (exact) mass is 688 g/mol. The quantitative estimate of drug-likeness (QED) is 0.156. The zero-order chi connectivity index (χ0) is 28.9. The molecule has 0 nitrogen and oxygen atoms in total. The SMILES string of the molecule is CCC[C](=[Zr+2])CCC.[Cl-].[Cl-].c1ccc2c(c1)c1ccccc1c1[cH-]ccc21.c1ccc2c(c1)c1ccccc1c1[cH-]ccc21. The van der Waals surface area contributed by atoms with Crippen LogP contribution in [0.25, 0.3) is 64.6 Å². The summed E-state index contributed by atoms with van der Waals surface area (Å²) in [5.41, 5.74) is 0. The van der Waals surface area contributed by atoms with Gasteiger partial charge in [0.25, 0.3) is 0 Å². The van der Waals surface area contributed by atoms with E-state index in [0.29, 0.717) is 0 Å². The average molecular weight is 691 g/mol. The number of hydrogen-bond donors (Lipinski definition) is 0. The van der Waals surface area contributed by atoms with Crippen LogP contribution in [0.3, 0.4) is 0 Å². The van der Waals surface area contributed by atoms with Gasteiger partial charge in [0.2, 0.25) is 0 Å². The maximum atomic E-state index is 2.25. The first-order valence-electron chi connectivity index (χ1n) is 15.2. The predicted octanol–water partition coefficient (Wildman–Crippen LogP) is 6.04. The van der Waals surface area contributed by atoms with Gasteiger partial charge in [0, 0.05) is 0 Å². The van der Waals surface area contributed by atoms with Gasteiger partial charge in [-0.1, -0.05) is 129 Å². The molecule has 0 aliphatic carbocycles. The van der Waals surface area contributed by atoms with Crippen LogP contribution in [0.4, 0.5) is 0 Å². The number of halogens is 2. The third-order valence-electron chi connectivity index (χ3n) is 8.18. The van der Waals surface area contributed by atoms with E-state index in [9.17, 15) is 0 Å². The Morgan fingerprint density at radius 1 is 0.432 bits per heavy atom. The summed E-state index contributed by atoms with van der Waals surface area (Å²) in [4.78, 5) is 0. The van der Waals surface area contributed by atoms with Gasteiger partial charge in [0.05, 0.1) is 0 Å². The van der Waals surface area contributed by atoms with Gasteiger partial charge < -0.3 is 24.8 Å². The largest absolute Gasteiger partial charge is 1.00 e. The van der Waals surface area contributed by atoms with E-state index in [1.54, 1.807) is 27.4 Å². The van der Waals surface area contributed by atoms with E-state index in [1.807, 2.05) is 0 Å². The molecule has 8 rings (SSSR count). The Balaban J connectivity index is 0.000000158. The Labute approximate surface area is 287 Å². The molecule has 0 atom stereocenters. The molecule has 0 bridgehead atoms. The van der Waals surface area contributed by atoms with Gasteiger partial charge in [-0.2, -0.15) is 24.3 Å². The maximum absolute atomic E-state index is 2.25. The van der Waals surface area contributed by atoms with Gasteiger partial charge in [0.1, 0.15) is 0 Å². The second kappa shape index (κ2) is 15.8. The van der Waals surface area contributed by atoms with Crippen molar-refractivity contribution in [3.05, 3.63) is 133 Å². The molecule has 0 amide bonds. The van der Waals surface area contributed by atoms with Crippen LogP contribution in [0.1, 0.15) is 39.5 Å². The predicted molar refractivity (Wildman–Crippen MR) is 184 cm³/mol. The molecule has 0 saturated heterocycles. The second-order valence-corrected chi connectivity index (χ2v) is 12.7. The molecular weight excluding hydrogens is 655 g/mol. The van der Waals surface area contributed by atoms with E-state index < -0.39 is 0 Å².